The van der Waals surface area contributed by atoms with E-state index in [0.717, 1.165) is 12.1 Å². The van der Waals surface area contributed by atoms with Crippen LogP contribution in [0.2, 0.25) is 0 Å². The number of carbonyl (C=O) groups excluding carboxylic acids is 2. The highest BCUT2D eigenvalue weighted by atomic mass is 16.2. The van der Waals surface area contributed by atoms with E-state index < -0.39 is 0 Å². The summed E-state index contributed by atoms with van der Waals surface area (Å²) in [4.78, 5) is 23.4. The Kier molecular flexibility index (Phi) is 5.95. The predicted octanol–water partition coefficient (Wildman–Crippen LogP) is 3.65. The van der Waals surface area contributed by atoms with Crippen LogP contribution in [0.25, 0.3) is 0 Å². The van der Waals surface area contributed by atoms with E-state index in [1.165, 1.54) is 12.5 Å². The highest BCUT2D eigenvalue weighted by molar-refractivity contribution is 5.97. The number of amides is 2. The second-order valence-corrected chi connectivity index (χ2v) is 5.67. The predicted molar refractivity (Wildman–Crippen MR) is 98.3 cm³/mol. The lowest BCUT2D eigenvalue weighted by atomic mass is 10.1. The highest BCUT2D eigenvalue weighted by Crippen LogP contribution is 2.16. The fraction of sp³-hybridized carbons (Fsp3) is 0.263. The van der Waals surface area contributed by atoms with Crippen LogP contribution in [0.3, 0.4) is 0 Å². The molecule has 5 heteroatoms. The van der Waals surface area contributed by atoms with Crippen molar-refractivity contribution in [2.45, 2.75) is 33.2 Å². The molecule has 0 spiro atoms. The second kappa shape index (κ2) is 8.15. The molecule has 5 nitrogen and oxygen atoms in total. The first-order valence-electron chi connectivity index (χ1n) is 8.02. The van der Waals surface area contributed by atoms with E-state index in [-0.39, 0.29) is 17.9 Å². The molecule has 0 radical (unpaired) electrons. The van der Waals surface area contributed by atoms with Gasteiger partial charge in [0.15, 0.2) is 0 Å². The minimum absolute atomic E-state index is 0.142. The van der Waals surface area contributed by atoms with Crippen LogP contribution in [0.4, 0.5) is 17.1 Å². The molecule has 2 aromatic rings. The molecule has 2 aromatic carbocycles. The van der Waals surface area contributed by atoms with Gasteiger partial charge in [-0.1, -0.05) is 25.1 Å². The van der Waals surface area contributed by atoms with Gasteiger partial charge >= 0.3 is 0 Å². The fourth-order valence-electron chi connectivity index (χ4n) is 2.33. The lowest BCUT2D eigenvalue weighted by Gasteiger charge is -2.16. The molecule has 0 heterocycles. The Hall–Kier alpha value is -2.82. The number of carbonyl (C=O) groups is 2. The Labute approximate surface area is 142 Å². The summed E-state index contributed by atoms with van der Waals surface area (Å²) in [5.74, 6) is -0.291. The molecule has 0 aromatic heterocycles. The van der Waals surface area contributed by atoms with Gasteiger partial charge in [-0.15, -0.1) is 0 Å². The van der Waals surface area contributed by atoms with E-state index in [0.29, 0.717) is 11.4 Å². The lowest BCUT2D eigenvalue weighted by molar-refractivity contribution is -0.116. The summed E-state index contributed by atoms with van der Waals surface area (Å²) in [6, 6.07) is 14.7. The molecule has 0 aliphatic carbocycles. The molecule has 24 heavy (non-hydrogen) atoms. The van der Waals surface area contributed by atoms with Gasteiger partial charge in [-0.2, -0.15) is 0 Å². The largest absolute Gasteiger partial charge is 0.374 e. The summed E-state index contributed by atoms with van der Waals surface area (Å²) in [6.45, 7) is 5.35. The topological polar surface area (TPSA) is 70.2 Å². The van der Waals surface area contributed by atoms with Gasteiger partial charge in [0.05, 0.1) is 0 Å². The molecule has 0 bridgehead atoms. The molecule has 0 aliphatic heterocycles. The van der Waals surface area contributed by atoms with E-state index in [1.54, 1.807) is 24.3 Å². The first-order chi connectivity index (χ1) is 11.5. The number of hydrogen-bond donors (Lipinski definition) is 3. The molecular formula is C19H23N3O2. The zero-order valence-corrected chi connectivity index (χ0v) is 14.2. The quantitative estimate of drug-likeness (QED) is 0.759. The number of hydrogen-bond acceptors (Lipinski definition) is 3. The van der Waals surface area contributed by atoms with Crippen molar-refractivity contribution in [1.82, 2.24) is 0 Å². The van der Waals surface area contributed by atoms with Crippen LogP contribution in [-0.2, 0) is 16.0 Å². The second-order valence-electron chi connectivity index (χ2n) is 5.67. The van der Waals surface area contributed by atoms with Crippen molar-refractivity contribution >= 4 is 28.9 Å². The average molecular weight is 325 g/mol. The van der Waals surface area contributed by atoms with Crippen LogP contribution in [-0.4, -0.2) is 17.9 Å². The van der Waals surface area contributed by atoms with Crippen molar-refractivity contribution in [3.05, 3.63) is 54.1 Å². The van der Waals surface area contributed by atoms with Crippen LogP contribution in [0.1, 0.15) is 26.3 Å². The summed E-state index contributed by atoms with van der Waals surface area (Å²) in [5, 5.41) is 8.75. The van der Waals surface area contributed by atoms with Gasteiger partial charge < -0.3 is 16.0 Å². The third kappa shape index (κ3) is 5.12. The first-order valence-corrected chi connectivity index (χ1v) is 8.02. The molecule has 0 aliphatic rings. The minimum atomic E-state index is -0.387. The molecule has 126 valence electrons. The van der Waals surface area contributed by atoms with Crippen molar-refractivity contribution in [1.29, 1.82) is 0 Å². The Bertz CT molecular complexity index is 728. The number of rotatable bonds is 6. The number of nitrogens with one attached hydrogen (secondary N) is 3. The summed E-state index contributed by atoms with van der Waals surface area (Å²) >= 11 is 0. The molecular weight excluding hydrogens is 302 g/mol. The van der Waals surface area contributed by atoms with E-state index in [4.69, 9.17) is 0 Å². The monoisotopic (exact) mass is 325 g/mol. The smallest absolute Gasteiger partial charge is 0.246 e. The molecule has 3 N–H and O–H groups in total. The van der Waals surface area contributed by atoms with Crippen LogP contribution in [0.5, 0.6) is 0 Å². The molecule has 0 saturated heterocycles. The summed E-state index contributed by atoms with van der Waals surface area (Å²) in [6.07, 6.45) is 0.950. The van der Waals surface area contributed by atoms with Crippen molar-refractivity contribution < 1.29 is 9.59 Å². The Balaban J connectivity index is 1.99. The number of anilines is 3. The van der Waals surface area contributed by atoms with Crippen LogP contribution >= 0.6 is 0 Å². The van der Waals surface area contributed by atoms with E-state index in [9.17, 15) is 9.59 Å². The van der Waals surface area contributed by atoms with Gasteiger partial charge in [0.1, 0.15) is 6.04 Å². The van der Waals surface area contributed by atoms with Gasteiger partial charge in [-0.25, -0.2) is 0 Å². The lowest BCUT2D eigenvalue weighted by Crippen LogP contribution is -2.31. The Morgan fingerprint density at radius 3 is 2.25 bits per heavy atom. The van der Waals surface area contributed by atoms with Gasteiger partial charge in [0.25, 0.3) is 0 Å². The normalized spacial score (nSPS) is 11.5. The molecule has 1 atom stereocenters. The van der Waals surface area contributed by atoms with Gasteiger partial charge in [0, 0.05) is 24.0 Å². The van der Waals surface area contributed by atoms with Crippen molar-refractivity contribution in [3.8, 4) is 0 Å². The van der Waals surface area contributed by atoms with Crippen LogP contribution < -0.4 is 16.0 Å². The van der Waals surface area contributed by atoms with Gasteiger partial charge in [-0.05, 0) is 49.2 Å². The maximum atomic E-state index is 12.3. The minimum Gasteiger partial charge on any atom is -0.374 e. The first kappa shape index (κ1) is 17.5. The number of benzene rings is 2. The maximum Gasteiger partial charge on any atom is 0.246 e. The third-order valence-corrected chi connectivity index (χ3v) is 3.56. The maximum absolute atomic E-state index is 12.3. The van der Waals surface area contributed by atoms with Crippen molar-refractivity contribution in [3.63, 3.8) is 0 Å². The number of aryl methyl sites for hydroxylation is 1. The third-order valence-electron chi connectivity index (χ3n) is 3.56. The SMILES string of the molecule is CCc1cccc(NC(C)C(=O)Nc2cccc(NC(C)=O)c2)c1. The molecule has 2 amide bonds. The van der Waals surface area contributed by atoms with Gasteiger partial charge in [-0.3, -0.25) is 9.59 Å². The summed E-state index contributed by atoms with van der Waals surface area (Å²) in [5.41, 5.74) is 3.43. The summed E-state index contributed by atoms with van der Waals surface area (Å²) in [7, 11) is 0. The zero-order valence-electron chi connectivity index (χ0n) is 14.2. The van der Waals surface area contributed by atoms with Crippen molar-refractivity contribution in [2.75, 3.05) is 16.0 Å². The van der Waals surface area contributed by atoms with Gasteiger partial charge in [0.2, 0.25) is 11.8 Å². The standard InChI is InChI=1S/C19H23N3O2/c1-4-15-7-5-8-16(11-15)20-13(2)19(24)22-18-10-6-9-17(12-18)21-14(3)23/h5-13,20H,4H2,1-3H3,(H,21,23)(H,22,24). The average Bonchev–Trinajstić information content (AvgIpc) is 2.54. The van der Waals surface area contributed by atoms with E-state index in [2.05, 4.69) is 28.9 Å². The fourth-order valence-corrected chi connectivity index (χ4v) is 2.33. The Morgan fingerprint density at radius 2 is 1.58 bits per heavy atom. The summed E-state index contributed by atoms with van der Waals surface area (Å²) < 4.78 is 0. The van der Waals surface area contributed by atoms with Crippen molar-refractivity contribution in [2.24, 2.45) is 0 Å². The van der Waals surface area contributed by atoms with Crippen LogP contribution in [0.15, 0.2) is 48.5 Å². The van der Waals surface area contributed by atoms with Crippen LogP contribution in [0, 0.1) is 0 Å². The molecule has 2 rings (SSSR count). The molecule has 1 unspecified atom stereocenters. The highest BCUT2D eigenvalue weighted by Gasteiger charge is 2.13. The zero-order chi connectivity index (χ0) is 17.5. The Morgan fingerprint density at radius 1 is 0.958 bits per heavy atom. The molecule has 0 fully saturated rings. The van der Waals surface area contributed by atoms with E-state index in [1.807, 2.05) is 25.1 Å². The molecule has 0 saturated carbocycles. The van der Waals surface area contributed by atoms with E-state index >= 15 is 0 Å².